The standard InChI is InChI=1S/C28H22FN3O4/c1-17-21(9-5-13-30-17)18-6-4-7-20(14-18)26(33)16-27(34)31-25-15-19(11-12-24(25)32-28(35)36)22-8-2-3-10-23(22)29/h2-15,32H,16H2,1H3,(H,31,34)(H,35,36). The monoisotopic (exact) mass is 483 g/mol. The number of benzene rings is 3. The summed E-state index contributed by atoms with van der Waals surface area (Å²) in [6.07, 6.45) is -0.110. The Labute approximate surface area is 206 Å². The van der Waals surface area contributed by atoms with E-state index in [2.05, 4.69) is 15.6 Å². The van der Waals surface area contributed by atoms with Gasteiger partial charge >= 0.3 is 6.09 Å². The maximum atomic E-state index is 14.3. The lowest BCUT2D eigenvalue weighted by Gasteiger charge is -2.13. The topological polar surface area (TPSA) is 108 Å². The lowest BCUT2D eigenvalue weighted by Crippen LogP contribution is -2.18. The van der Waals surface area contributed by atoms with Crippen molar-refractivity contribution in [3.05, 3.63) is 102 Å². The number of carbonyl (C=O) groups excluding carboxylic acids is 2. The maximum absolute atomic E-state index is 14.3. The van der Waals surface area contributed by atoms with Crippen LogP contribution in [0.3, 0.4) is 0 Å². The summed E-state index contributed by atoms with van der Waals surface area (Å²) >= 11 is 0. The highest BCUT2D eigenvalue weighted by Crippen LogP contribution is 2.31. The summed E-state index contributed by atoms with van der Waals surface area (Å²) < 4.78 is 14.3. The van der Waals surface area contributed by atoms with Crippen molar-refractivity contribution < 1.29 is 23.9 Å². The molecular formula is C28H22FN3O4. The number of aryl methyl sites for hydroxylation is 1. The second-order valence-electron chi connectivity index (χ2n) is 8.04. The minimum absolute atomic E-state index is 0.0949. The van der Waals surface area contributed by atoms with E-state index in [0.29, 0.717) is 11.1 Å². The van der Waals surface area contributed by atoms with E-state index in [1.54, 1.807) is 42.6 Å². The Balaban J connectivity index is 1.56. The number of carbonyl (C=O) groups is 3. The van der Waals surface area contributed by atoms with Gasteiger partial charge in [-0.15, -0.1) is 0 Å². The number of hydrogen-bond acceptors (Lipinski definition) is 4. The molecule has 0 fully saturated rings. The molecule has 0 atom stereocenters. The van der Waals surface area contributed by atoms with Gasteiger partial charge in [-0.1, -0.05) is 48.5 Å². The van der Waals surface area contributed by atoms with Gasteiger partial charge in [0.15, 0.2) is 5.78 Å². The van der Waals surface area contributed by atoms with E-state index in [1.165, 1.54) is 24.3 Å². The van der Waals surface area contributed by atoms with Gasteiger partial charge < -0.3 is 10.4 Å². The van der Waals surface area contributed by atoms with Gasteiger partial charge in [-0.2, -0.15) is 0 Å². The molecule has 8 heteroatoms. The quantitative estimate of drug-likeness (QED) is 0.215. The van der Waals surface area contributed by atoms with Crippen molar-refractivity contribution in [2.24, 2.45) is 0 Å². The Morgan fingerprint density at radius 2 is 1.58 bits per heavy atom. The van der Waals surface area contributed by atoms with Crippen LogP contribution in [0.5, 0.6) is 0 Å². The first-order chi connectivity index (χ1) is 17.3. The first-order valence-corrected chi connectivity index (χ1v) is 11.1. The third kappa shape index (κ3) is 5.61. The molecule has 1 aromatic heterocycles. The van der Waals surface area contributed by atoms with Gasteiger partial charge in [0.2, 0.25) is 5.91 Å². The molecule has 0 radical (unpaired) electrons. The number of nitrogens with one attached hydrogen (secondary N) is 2. The van der Waals surface area contributed by atoms with Crippen molar-refractivity contribution >= 4 is 29.2 Å². The van der Waals surface area contributed by atoms with E-state index in [-0.39, 0.29) is 16.9 Å². The Kier molecular flexibility index (Phi) is 7.15. The molecule has 180 valence electrons. The minimum atomic E-state index is -1.33. The van der Waals surface area contributed by atoms with Crippen LogP contribution in [-0.4, -0.2) is 27.9 Å². The number of carboxylic acid groups (broad SMARTS) is 1. The van der Waals surface area contributed by atoms with Crippen molar-refractivity contribution in [2.45, 2.75) is 13.3 Å². The SMILES string of the molecule is Cc1ncccc1-c1cccc(C(=O)CC(=O)Nc2cc(-c3ccccc3F)ccc2NC(=O)O)c1. The molecule has 0 spiro atoms. The molecule has 1 heterocycles. The highest BCUT2D eigenvalue weighted by atomic mass is 19.1. The van der Waals surface area contributed by atoms with Gasteiger partial charge in [0.1, 0.15) is 5.82 Å². The Hall–Kier alpha value is -4.85. The van der Waals surface area contributed by atoms with Crippen LogP contribution in [0.15, 0.2) is 85.1 Å². The number of hydrogen-bond donors (Lipinski definition) is 3. The van der Waals surface area contributed by atoms with Gasteiger partial charge in [-0.05, 0) is 48.4 Å². The van der Waals surface area contributed by atoms with Gasteiger partial charge in [0.05, 0.1) is 17.8 Å². The van der Waals surface area contributed by atoms with Crippen LogP contribution in [0.1, 0.15) is 22.5 Å². The molecule has 0 aliphatic heterocycles. The summed E-state index contributed by atoms with van der Waals surface area (Å²) in [6.45, 7) is 1.87. The summed E-state index contributed by atoms with van der Waals surface area (Å²) in [6, 6.07) is 21.1. The third-order valence-electron chi connectivity index (χ3n) is 5.54. The van der Waals surface area contributed by atoms with Crippen LogP contribution in [0.4, 0.5) is 20.6 Å². The number of rotatable bonds is 7. The fourth-order valence-corrected chi connectivity index (χ4v) is 3.83. The summed E-state index contributed by atoms with van der Waals surface area (Å²) in [7, 11) is 0. The van der Waals surface area contributed by atoms with Crippen LogP contribution in [0.2, 0.25) is 0 Å². The molecule has 2 amide bonds. The number of amides is 2. The molecule has 7 nitrogen and oxygen atoms in total. The highest BCUT2D eigenvalue weighted by Gasteiger charge is 2.17. The van der Waals surface area contributed by atoms with E-state index >= 15 is 0 Å². The molecule has 0 saturated heterocycles. The van der Waals surface area contributed by atoms with Gasteiger partial charge in [0.25, 0.3) is 0 Å². The molecule has 4 aromatic rings. The zero-order chi connectivity index (χ0) is 25.7. The van der Waals surface area contributed by atoms with Crippen molar-refractivity contribution in [1.29, 1.82) is 0 Å². The van der Waals surface area contributed by atoms with E-state index in [4.69, 9.17) is 5.11 Å². The molecule has 3 aromatic carbocycles. The number of anilines is 2. The number of Topliss-reactive ketones (excluding diaryl/α,β-unsaturated/α-hetero) is 1. The van der Waals surface area contributed by atoms with Crippen LogP contribution in [0, 0.1) is 12.7 Å². The maximum Gasteiger partial charge on any atom is 0.409 e. The Morgan fingerprint density at radius 1 is 0.833 bits per heavy atom. The van der Waals surface area contributed by atoms with Crippen molar-refractivity contribution in [2.75, 3.05) is 10.6 Å². The van der Waals surface area contributed by atoms with Crippen LogP contribution >= 0.6 is 0 Å². The summed E-state index contributed by atoms with van der Waals surface area (Å²) in [4.78, 5) is 41.1. The summed E-state index contributed by atoms with van der Waals surface area (Å²) in [5.41, 5.74) is 3.78. The van der Waals surface area contributed by atoms with E-state index in [9.17, 15) is 18.8 Å². The normalized spacial score (nSPS) is 10.5. The number of halogens is 1. The Morgan fingerprint density at radius 3 is 2.33 bits per heavy atom. The van der Waals surface area contributed by atoms with E-state index in [1.807, 2.05) is 25.1 Å². The smallest absolute Gasteiger partial charge is 0.409 e. The zero-order valence-electron chi connectivity index (χ0n) is 19.3. The number of ketones is 1. The summed E-state index contributed by atoms with van der Waals surface area (Å²) in [5.74, 6) is -1.51. The molecule has 0 aliphatic carbocycles. The average Bonchev–Trinajstić information content (AvgIpc) is 2.85. The Bertz CT molecular complexity index is 1470. The van der Waals surface area contributed by atoms with E-state index in [0.717, 1.165) is 16.8 Å². The van der Waals surface area contributed by atoms with Crippen molar-refractivity contribution in [3.8, 4) is 22.3 Å². The number of aromatic nitrogens is 1. The molecule has 0 saturated carbocycles. The average molecular weight is 483 g/mol. The molecule has 4 rings (SSSR count). The largest absolute Gasteiger partial charge is 0.465 e. The van der Waals surface area contributed by atoms with Crippen LogP contribution < -0.4 is 10.6 Å². The van der Waals surface area contributed by atoms with E-state index < -0.39 is 30.0 Å². The molecule has 0 bridgehead atoms. The molecule has 36 heavy (non-hydrogen) atoms. The predicted octanol–water partition coefficient (Wildman–Crippen LogP) is 6.16. The second-order valence-corrected chi connectivity index (χ2v) is 8.04. The zero-order valence-corrected chi connectivity index (χ0v) is 19.3. The van der Waals surface area contributed by atoms with Crippen LogP contribution in [-0.2, 0) is 4.79 Å². The van der Waals surface area contributed by atoms with Gasteiger partial charge in [-0.3, -0.25) is 19.9 Å². The molecule has 0 aliphatic rings. The lowest BCUT2D eigenvalue weighted by molar-refractivity contribution is -0.115. The number of nitrogens with zero attached hydrogens (tertiary/aromatic N) is 1. The fraction of sp³-hybridized carbons (Fsp3) is 0.0714. The van der Waals surface area contributed by atoms with Crippen LogP contribution in [0.25, 0.3) is 22.3 Å². The minimum Gasteiger partial charge on any atom is -0.465 e. The lowest BCUT2D eigenvalue weighted by atomic mass is 9.99. The molecular weight excluding hydrogens is 461 g/mol. The van der Waals surface area contributed by atoms with Gasteiger partial charge in [-0.25, -0.2) is 9.18 Å². The fourth-order valence-electron chi connectivity index (χ4n) is 3.83. The highest BCUT2D eigenvalue weighted by molar-refractivity contribution is 6.12. The second kappa shape index (κ2) is 10.6. The first kappa shape index (κ1) is 24.3. The van der Waals surface area contributed by atoms with Gasteiger partial charge in [0, 0.05) is 28.6 Å². The first-order valence-electron chi connectivity index (χ1n) is 11.1. The predicted molar refractivity (Wildman–Crippen MR) is 135 cm³/mol. The third-order valence-corrected chi connectivity index (χ3v) is 5.54. The summed E-state index contributed by atoms with van der Waals surface area (Å²) in [5, 5.41) is 13.9. The number of pyridine rings is 1. The molecule has 3 N–H and O–H groups in total. The van der Waals surface area contributed by atoms with Crippen molar-refractivity contribution in [3.63, 3.8) is 0 Å². The van der Waals surface area contributed by atoms with Crippen molar-refractivity contribution in [1.82, 2.24) is 4.98 Å². The molecule has 0 unspecified atom stereocenters.